The zero-order valence-electron chi connectivity index (χ0n) is 20.7. The summed E-state index contributed by atoms with van der Waals surface area (Å²) in [5, 5.41) is 19.5. The normalized spacial score (nSPS) is 13.6. The van der Waals surface area contributed by atoms with Gasteiger partial charge in [0.2, 0.25) is 0 Å². The molecule has 2 N–H and O–H groups in total. The van der Waals surface area contributed by atoms with Gasteiger partial charge in [-0.15, -0.1) is 0 Å². The Labute approximate surface area is 211 Å². The lowest BCUT2D eigenvalue weighted by Gasteiger charge is -2.12. The van der Waals surface area contributed by atoms with Gasteiger partial charge in [0.15, 0.2) is 0 Å². The SMILES string of the molecule is CC1=C(C#N)c2nc(N)c(C#N)c(C)c2/C1=C/c1cc(C)n(-c2ccc(-c3ccccc3)cc2)c1C. The molecule has 36 heavy (non-hydrogen) atoms. The van der Waals surface area contributed by atoms with Crippen molar-refractivity contribution in [2.24, 2.45) is 0 Å². The minimum atomic E-state index is 0.160. The summed E-state index contributed by atoms with van der Waals surface area (Å²) in [6.07, 6.45) is 2.10. The molecule has 1 aliphatic rings. The Morgan fingerprint density at radius 3 is 2.19 bits per heavy atom. The molecule has 1 aliphatic carbocycles. The fourth-order valence-corrected chi connectivity index (χ4v) is 5.12. The Morgan fingerprint density at radius 2 is 1.56 bits per heavy atom. The molecule has 0 spiro atoms. The second-order valence-corrected chi connectivity index (χ2v) is 9.08. The first-order valence-corrected chi connectivity index (χ1v) is 11.7. The number of fused-ring (bicyclic) bond motifs is 1. The fourth-order valence-electron chi connectivity index (χ4n) is 5.12. The van der Waals surface area contributed by atoms with Gasteiger partial charge in [-0.2, -0.15) is 10.5 Å². The highest BCUT2D eigenvalue weighted by molar-refractivity contribution is 6.08. The number of rotatable bonds is 3. The molecule has 0 amide bonds. The van der Waals surface area contributed by atoms with Gasteiger partial charge in [0.25, 0.3) is 0 Å². The van der Waals surface area contributed by atoms with Crippen LogP contribution < -0.4 is 5.73 Å². The van der Waals surface area contributed by atoms with Gasteiger partial charge in [-0.3, -0.25) is 0 Å². The molecule has 5 nitrogen and oxygen atoms in total. The molecule has 2 aromatic carbocycles. The first-order chi connectivity index (χ1) is 17.3. The van der Waals surface area contributed by atoms with E-state index >= 15 is 0 Å². The number of nitrogens with two attached hydrogens (primary N) is 1. The lowest BCUT2D eigenvalue weighted by atomic mass is 9.95. The Hall–Kier alpha value is -4.87. The second kappa shape index (κ2) is 8.73. The molecule has 0 saturated heterocycles. The molecule has 0 unspecified atom stereocenters. The van der Waals surface area contributed by atoms with Gasteiger partial charge in [-0.1, -0.05) is 42.5 Å². The largest absolute Gasteiger partial charge is 0.383 e. The molecular formula is C31H25N5. The second-order valence-electron chi connectivity index (χ2n) is 9.08. The van der Waals surface area contributed by atoms with Gasteiger partial charge in [0, 0.05) is 22.6 Å². The van der Waals surface area contributed by atoms with E-state index in [4.69, 9.17) is 5.73 Å². The number of benzene rings is 2. The lowest BCUT2D eigenvalue weighted by molar-refractivity contribution is 0.965. The first kappa shape index (κ1) is 22.9. The quantitative estimate of drug-likeness (QED) is 0.360. The van der Waals surface area contributed by atoms with E-state index in [1.54, 1.807) is 0 Å². The molecule has 174 valence electrons. The summed E-state index contributed by atoms with van der Waals surface area (Å²) >= 11 is 0. The van der Waals surface area contributed by atoms with Crippen LogP contribution in [0.1, 0.15) is 46.3 Å². The van der Waals surface area contributed by atoms with E-state index in [0.717, 1.165) is 44.9 Å². The maximum Gasteiger partial charge on any atom is 0.142 e. The molecule has 5 rings (SSSR count). The summed E-state index contributed by atoms with van der Waals surface area (Å²) in [5.74, 6) is 0.160. The molecular weight excluding hydrogens is 442 g/mol. The molecule has 0 atom stereocenters. The number of allylic oxidation sites excluding steroid dienone is 3. The van der Waals surface area contributed by atoms with Crippen LogP contribution in [0.15, 0.2) is 66.2 Å². The molecule has 0 fully saturated rings. The van der Waals surface area contributed by atoms with Crippen molar-refractivity contribution in [3.63, 3.8) is 0 Å². The smallest absolute Gasteiger partial charge is 0.142 e. The van der Waals surface area contributed by atoms with Gasteiger partial charge >= 0.3 is 0 Å². The van der Waals surface area contributed by atoms with Crippen molar-refractivity contribution in [2.75, 3.05) is 5.73 Å². The van der Waals surface area contributed by atoms with Gasteiger partial charge in [0.1, 0.15) is 18.0 Å². The van der Waals surface area contributed by atoms with E-state index in [2.05, 4.69) is 84.1 Å². The third-order valence-electron chi connectivity index (χ3n) is 6.99. The van der Waals surface area contributed by atoms with Crippen molar-refractivity contribution in [1.29, 1.82) is 10.5 Å². The first-order valence-electron chi connectivity index (χ1n) is 11.7. The highest BCUT2D eigenvalue weighted by atomic mass is 15.0. The summed E-state index contributed by atoms with van der Waals surface area (Å²) in [5.41, 5.74) is 17.5. The molecule has 0 bridgehead atoms. The van der Waals surface area contributed by atoms with Crippen LogP contribution in [0.25, 0.3) is 34.0 Å². The number of anilines is 1. The number of hydrogen-bond donors (Lipinski definition) is 1. The van der Waals surface area contributed by atoms with E-state index in [1.165, 1.54) is 11.1 Å². The third kappa shape index (κ3) is 3.50. The van der Waals surface area contributed by atoms with Crippen LogP contribution in [0.3, 0.4) is 0 Å². The lowest BCUT2D eigenvalue weighted by Crippen LogP contribution is -2.03. The summed E-state index contributed by atoms with van der Waals surface area (Å²) in [4.78, 5) is 4.43. The summed E-state index contributed by atoms with van der Waals surface area (Å²) in [6.45, 7) is 7.98. The highest BCUT2D eigenvalue weighted by Crippen LogP contribution is 2.44. The molecule has 0 radical (unpaired) electrons. The Morgan fingerprint density at radius 1 is 0.889 bits per heavy atom. The maximum atomic E-state index is 9.85. The standard InChI is InChI=1S/C31H25N5/c1-18-14-24(21(4)36(18)25-12-10-23(11-13-25)22-8-6-5-7-9-22)15-26-19(2)27(16-32)30-29(26)20(3)28(17-33)31(34)35-30/h5-15H,1-4H3,(H2,34,35)/b26-15+. The number of nitrogen functional groups attached to an aromatic ring is 1. The monoisotopic (exact) mass is 467 g/mol. The summed E-state index contributed by atoms with van der Waals surface area (Å²) in [6, 6.07) is 25.5. The van der Waals surface area contributed by atoms with Crippen molar-refractivity contribution in [3.8, 4) is 29.0 Å². The minimum absolute atomic E-state index is 0.160. The van der Waals surface area contributed by atoms with Crippen molar-refractivity contribution >= 4 is 23.0 Å². The Balaban J connectivity index is 1.62. The predicted molar refractivity (Wildman–Crippen MR) is 145 cm³/mol. The van der Waals surface area contributed by atoms with E-state index in [0.29, 0.717) is 16.8 Å². The van der Waals surface area contributed by atoms with Crippen molar-refractivity contribution in [3.05, 3.63) is 106 Å². The highest BCUT2D eigenvalue weighted by Gasteiger charge is 2.30. The van der Waals surface area contributed by atoms with Crippen molar-refractivity contribution in [1.82, 2.24) is 9.55 Å². The molecule has 0 saturated carbocycles. The topological polar surface area (TPSA) is 91.4 Å². The predicted octanol–water partition coefficient (Wildman–Crippen LogP) is 6.77. The number of pyridine rings is 1. The molecule has 5 heteroatoms. The molecule has 0 aliphatic heterocycles. The van der Waals surface area contributed by atoms with Gasteiger partial charge < -0.3 is 10.3 Å². The zero-order chi connectivity index (χ0) is 25.6. The molecule has 4 aromatic rings. The number of aromatic nitrogens is 2. The van der Waals surface area contributed by atoms with Crippen LogP contribution >= 0.6 is 0 Å². The van der Waals surface area contributed by atoms with E-state index in [1.807, 2.05) is 32.0 Å². The third-order valence-corrected chi connectivity index (χ3v) is 6.99. The number of nitrogens with zero attached hydrogens (tertiary/aromatic N) is 4. The minimum Gasteiger partial charge on any atom is -0.383 e. The maximum absolute atomic E-state index is 9.85. The van der Waals surface area contributed by atoms with Gasteiger partial charge in [-0.25, -0.2) is 4.98 Å². The van der Waals surface area contributed by atoms with Crippen LogP contribution in [0.2, 0.25) is 0 Å². The number of hydrogen-bond acceptors (Lipinski definition) is 4. The van der Waals surface area contributed by atoms with Crippen LogP contribution in [0, 0.1) is 43.4 Å². The molecule has 2 aromatic heterocycles. The Kier molecular flexibility index (Phi) is 5.55. The molecule has 2 heterocycles. The average Bonchev–Trinajstić information content (AvgIpc) is 3.31. The number of aryl methyl sites for hydroxylation is 1. The fraction of sp³-hybridized carbons (Fsp3) is 0.129. The van der Waals surface area contributed by atoms with Crippen LogP contribution in [0.5, 0.6) is 0 Å². The van der Waals surface area contributed by atoms with E-state index < -0.39 is 0 Å². The summed E-state index contributed by atoms with van der Waals surface area (Å²) < 4.78 is 2.23. The average molecular weight is 468 g/mol. The summed E-state index contributed by atoms with van der Waals surface area (Å²) in [7, 11) is 0. The van der Waals surface area contributed by atoms with Crippen LogP contribution in [-0.2, 0) is 0 Å². The number of nitriles is 2. The van der Waals surface area contributed by atoms with Crippen molar-refractivity contribution < 1.29 is 0 Å². The van der Waals surface area contributed by atoms with Crippen LogP contribution in [-0.4, -0.2) is 9.55 Å². The van der Waals surface area contributed by atoms with Gasteiger partial charge in [-0.05, 0) is 85.4 Å². The van der Waals surface area contributed by atoms with Crippen molar-refractivity contribution in [2.45, 2.75) is 27.7 Å². The van der Waals surface area contributed by atoms with E-state index in [-0.39, 0.29) is 5.82 Å². The Bertz CT molecular complexity index is 1670. The van der Waals surface area contributed by atoms with E-state index in [9.17, 15) is 10.5 Å². The van der Waals surface area contributed by atoms with Crippen LogP contribution in [0.4, 0.5) is 5.82 Å². The zero-order valence-corrected chi connectivity index (χ0v) is 20.7. The van der Waals surface area contributed by atoms with Gasteiger partial charge in [0.05, 0.1) is 16.8 Å².